The molecule has 1 unspecified atom stereocenters. The molecule has 1 fully saturated rings. The summed E-state index contributed by atoms with van der Waals surface area (Å²) in [5, 5.41) is 9.87. The Morgan fingerprint density at radius 1 is 1.41 bits per heavy atom. The van der Waals surface area contributed by atoms with Crippen LogP contribution in [0.1, 0.15) is 31.5 Å². The molecule has 2 rings (SSSR count). The van der Waals surface area contributed by atoms with Gasteiger partial charge in [0, 0.05) is 18.9 Å². The molecule has 1 aliphatic heterocycles. The van der Waals surface area contributed by atoms with Gasteiger partial charge in [0.2, 0.25) is 0 Å². The van der Waals surface area contributed by atoms with Gasteiger partial charge in [-0.3, -0.25) is 0 Å². The Bertz CT molecular complexity index is 467. The zero-order chi connectivity index (χ0) is 15.9. The van der Waals surface area contributed by atoms with E-state index in [9.17, 15) is 9.90 Å². The summed E-state index contributed by atoms with van der Waals surface area (Å²) >= 11 is 0. The van der Waals surface area contributed by atoms with Crippen LogP contribution in [0.5, 0.6) is 0 Å². The molecule has 1 aromatic heterocycles. The molecule has 0 aliphatic carbocycles. The van der Waals surface area contributed by atoms with Gasteiger partial charge in [0.25, 0.3) is 0 Å². The van der Waals surface area contributed by atoms with Crippen LogP contribution in [0.25, 0.3) is 0 Å². The van der Waals surface area contributed by atoms with Crippen LogP contribution in [-0.2, 0) is 16.1 Å². The van der Waals surface area contributed by atoms with Gasteiger partial charge in [0.15, 0.2) is 6.10 Å². The Balaban J connectivity index is 1.61. The number of likely N-dealkylation sites (tertiary alicyclic amines) is 1. The lowest BCUT2D eigenvalue weighted by molar-refractivity contribution is -0.154. The topological polar surface area (TPSA) is 67.6 Å². The van der Waals surface area contributed by atoms with E-state index >= 15 is 0 Å². The van der Waals surface area contributed by atoms with Crippen LogP contribution in [0.2, 0.25) is 0 Å². The maximum atomic E-state index is 11.4. The summed E-state index contributed by atoms with van der Waals surface area (Å²) in [6.45, 7) is 6.02. The highest BCUT2D eigenvalue weighted by Crippen LogP contribution is 2.21. The van der Waals surface area contributed by atoms with E-state index in [1.165, 1.54) is 7.11 Å². The first kappa shape index (κ1) is 17.0. The molecule has 0 saturated carbocycles. The Labute approximate surface area is 132 Å². The van der Waals surface area contributed by atoms with Crippen molar-refractivity contribution in [3.05, 3.63) is 18.2 Å². The first-order valence-corrected chi connectivity index (χ1v) is 8.08. The number of methoxy groups -OCH3 is 1. The van der Waals surface area contributed by atoms with Crippen molar-refractivity contribution >= 4 is 5.97 Å². The highest BCUT2D eigenvalue weighted by Gasteiger charge is 2.30. The Hall–Kier alpha value is -1.40. The molecular weight excluding hydrogens is 282 g/mol. The number of carbonyl (C=O) groups excluding carboxylic acids is 1. The number of carbonyl (C=O) groups is 1. The van der Waals surface area contributed by atoms with E-state index in [4.69, 9.17) is 0 Å². The third kappa shape index (κ3) is 4.55. The second-order valence-electron chi connectivity index (χ2n) is 6.02. The fourth-order valence-corrected chi connectivity index (χ4v) is 3.06. The maximum Gasteiger partial charge on any atom is 0.334 e. The molecule has 1 saturated heterocycles. The van der Waals surface area contributed by atoms with Gasteiger partial charge in [-0.2, -0.15) is 0 Å². The van der Waals surface area contributed by atoms with Crippen LogP contribution in [0.15, 0.2) is 12.4 Å². The van der Waals surface area contributed by atoms with Crippen molar-refractivity contribution in [1.82, 2.24) is 14.5 Å². The van der Waals surface area contributed by atoms with Crippen LogP contribution in [0.4, 0.5) is 0 Å². The van der Waals surface area contributed by atoms with E-state index in [1.807, 2.05) is 19.3 Å². The summed E-state index contributed by atoms with van der Waals surface area (Å²) in [5.41, 5.74) is 0. The number of imidazole rings is 1. The van der Waals surface area contributed by atoms with Crippen molar-refractivity contribution in [2.75, 3.05) is 26.7 Å². The third-order valence-electron chi connectivity index (χ3n) is 4.57. The van der Waals surface area contributed by atoms with Crippen molar-refractivity contribution in [3.8, 4) is 0 Å². The van der Waals surface area contributed by atoms with Crippen LogP contribution < -0.4 is 0 Å². The Kier molecular flexibility index (Phi) is 6.39. The number of ether oxygens (including phenoxy) is 1. The van der Waals surface area contributed by atoms with E-state index in [-0.39, 0.29) is 5.92 Å². The Morgan fingerprint density at radius 2 is 2.09 bits per heavy atom. The van der Waals surface area contributed by atoms with Gasteiger partial charge < -0.3 is 19.3 Å². The lowest BCUT2D eigenvalue weighted by Gasteiger charge is -2.33. The number of aryl methyl sites for hydroxylation is 2. The van der Waals surface area contributed by atoms with E-state index in [2.05, 4.69) is 19.2 Å². The molecule has 0 radical (unpaired) electrons. The standard InChI is InChI=1S/C16H27N3O3/c1-13-17-7-12-19(13)9-4-3-8-18-10-5-14(6-11-18)15(20)16(21)22-2/h7,12,14-15,20H,3-6,8-11H2,1-2H3. The van der Waals surface area contributed by atoms with Gasteiger partial charge in [0.05, 0.1) is 7.11 Å². The molecule has 0 spiro atoms. The second-order valence-corrected chi connectivity index (χ2v) is 6.02. The smallest absolute Gasteiger partial charge is 0.334 e. The first-order chi connectivity index (χ1) is 10.6. The second kappa shape index (κ2) is 8.29. The minimum atomic E-state index is -0.962. The summed E-state index contributed by atoms with van der Waals surface area (Å²) in [5.74, 6) is 0.601. The van der Waals surface area contributed by atoms with Crippen molar-refractivity contribution < 1.29 is 14.6 Å². The number of aromatic nitrogens is 2. The molecule has 1 N–H and O–H groups in total. The van der Waals surface area contributed by atoms with Gasteiger partial charge in [-0.05, 0) is 58.2 Å². The number of aliphatic hydroxyl groups excluding tert-OH is 1. The van der Waals surface area contributed by atoms with E-state index in [0.29, 0.717) is 0 Å². The first-order valence-electron chi connectivity index (χ1n) is 8.08. The maximum absolute atomic E-state index is 11.4. The van der Waals surface area contributed by atoms with Crippen molar-refractivity contribution in [1.29, 1.82) is 0 Å². The lowest BCUT2D eigenvalue weighted by Crippen LogP contribution is -2.41. The number of piperidine rings is 1. The molecule has 1 aliphatic rings. The third-order valence-corrected chi connectivity index (χ3v) is 4.57. The highest BCUT2D eigenvalue weighted by molar-refractivity contribution is 5.74. The minimum Gasteiger partial charge on any atom is -0.467 e. The van der Waals surface area contributed by atoms with Crippen LogP contribution >= 0.6 is 0 Å². The summed E-state index contributed by atoms with van der Waals surface area (Å²) in [6.07, 6.45) is 6.91. The average Bonchev–Trinajstić information content (AvgIpc) is 2.96. The largest absolute Gasteiger partial charge is 0.467 e. The average molecular weight is 309 g/mol. The summed E-state index contributed by atoms with van der Waals surface area (Å²) in [4.78, 5) is 18.0. The summed E-state index contributed by atoms with van der Waals surface area (Å²) < 4.78 is 6.79. The predicted octanol–water partition coefficient (Wildman–Crippen LogP) is 1.22. The number of esters is 1. The lowest BCUT2D eigenvalue weighted by atomic mass is 9.91. The van der Waals surface area contributed by atoms with Crippen LogP contribution in [0, 0.1) is 12.8 Å². The predicted molar refractivity (Wildman–Crippen MR) is 83.4 cm³/mol. The number of rotatable bonds is 7. The van der Waals surface area contributed by atoms with Gasteiger partial charge >= 0.3 is 5.97 Å². The fraction of sp³-hybridized carbons (Fsp3) is 0.750. The van der Waals surface area contributed by atoms with Gasteiger partial charge in [0.1, 0.15) is 5.82 Å². The monoisotopic (exact) mass is 309 g/mol. The zero-order valence-corrected chi connectivity index (χ0v) is 13.6. The summed E-state index contributed by atoms with van der Waals surface area (Å²) in [7, 11) is 1.32. The molecule has 1 aromatic rings. The molecule has 6 heteroatoms. The molecule has 22 heavy (non-hydrogen) atoms. The molecule has 0 aromatic carbocycles. The highest BCUT2D eigenvalue weighted by atomic mass is 16.5. The number of aliphatic hydroxyl groups is 1. The van der Waals surface area contributed by atoms with Gasteiger partial charge in [-0.1, -0.05) is 0 Å². The number of unbranched alkanes of at least 4 members (excludes halogenated alkanes) is 1. The molecular formula is C16H27N3O3. The number of hydrogen-bond donors (Lipinski definition) is 1. The SMILES string of the molecule is COC(=O)C(O)C1CCN(CCCCn2ccnc2C)CC1. The normalized spacial score (nSPS) is 18.3. The van der Waals surface area contributed by atoms with Gasteiger partial charge in [-0.25, -0.2) is 9.78 Å². The van der Waals surface area contributed by atoms with Crippen molar-refractivity contribution in [2.45, 2.75) is 45.3 Å². The minimum absolute atomic E-state index is 0.0392. The van der Waals surface area contributed by atoms with E-state index in [0.717, 1.165) is 57.7 Å². The molecule has 0 amide bonds. The van der Waals surface area contributed by atoms with Gasteiger partial charge in [-0.15, -0.1) is 0 Å². The fourth-order valence-electron chi connectivity index (χ4n) is 3.06. The van der Waals surface area contributed by atoms with E-state index in [1.54, 1.807) is 0 Å². The van der Waals surface area contributed by atoms with E-state index < -0.39 is 12.1 Å². The number of nitrogens with zero attached hydrogens (tertiary/aromatic N) is 3. The Morgan fingerprint density at radius 3 is 2.68 bits per heavy atom. The summed E-state index contributed by atoms with van der Waals surface area (Å²) in [6, 6.07) is 0. The molecule has 1 atom stereocenters. The quantitative estimate of drug-likeness (QED) is 0.606. The molecule has 2 heterocycles. The zero-order valence-electron chi connectivity index (χ0n) is 13.6. The van der Waals surface area contributed by atoms with Crippen molar-refractivity contribution in [2.24, 2.45) is 5.92 Å². The van der Waals surface area contributed by atoms with Crippen molar-refractivity contribution in [3.63, 3.8) is 0 Å². The molecule has 6 nitrogen and oxygen atoms in total. The van der Waals surface area contributed by atoms with Crippen LogP contribution in [0.3, 0.4) is 0 Å². The number of hydrogen-bond acceptors (Lipinski definition) is 5. The molecule has 124 valence electrons. The van der Waals surface area contributed by atoms with Crippen LogP contribution in [-0.4, -0.2) is 58.4 Å². The molecule has 0 bridgehead atoms.